The van der Waals surface area contributed by atoms with Crippen molar-refractivity contribution in [2.75, 3.05) is 25.1 Å². The van der Waals surface area contributed by atoms with E-state index in [4.69, 9.17) is 14.9 Å². The second kappa shape index (κ2) is 5.97. The number of benzene rings is 1. The van der Waals surface area contributed by atoms with E-state index >= 15 is 0 Å². The van der Waals surface area contributed by atoms with Crippen LogP contribution in [0.25, 0.3) is 11.1 Å². The van der Waals surface area contributed by atoms with E-state index in [0.717, 1.165) is 0 Å². The van der Waals surface area contributed by atoms with E-state index in [0.29, 0.717) is 12.1 Å². The third-order valence-corrected chi connectivity index (χ3v) is 2.36. The van der Waals surface area contributed by atoms with Gasteiger partial charge in [-0.25, -0.2) is 0 Å². The van der Waals surface area contributed by atoms with Gasteiger partial charge in [0.05, 0.1) is 11.5 Å². The van der Waals surface area contributed by atoms with Crippen molar-refractivity contribution in [2.24, 2.45) is 5.73 Å². The van der Waals surface area contributed by atoms with Crippen molar-refractivity contribution in [1.29, 1.82) is 0 Å². The van der Waals surface area contributed by atoms with Crippen LogP contribution in [0.5, 0.6) is 0 Å². The summed E-state index contributed by atoms with van der Waals surface area (Å²) in [5.41, 5.74) is 5.28. The summed E-state index contributed by atoms with van der Waals surface area (Å²) in [4.78, 5) is 24.7. The summed E-state index contributed by atoms with van der Waals surface area (Å²) in [6.45, 7) is 0.387. The van der Waals surface area contributed by atoms with Crippen LogP contribution in [0.4, 0.5) is 11.7 Å². The Morgan fingerprint density at radius 3 is 3.05 bits per heavy atom. The highest BCUT2D eigenvalue weighted by Crippen LogP contribution is 2.26. The average molecular weight is 280 g/mol. The number of nitrogens with two attached hydrogens (primary N) is 1. The van der Waals surface area contributed by atoms with Crippen molar-refractivity contribution < 1.29 is 18.9 Å². The van der Waals surface area contributed by atoms with Gasteiger partial charge >= 0.3 is 0 Å². The molecule has 0 atom stereocenters. The Bertz CT molecular complexity index is 639. The van der Waals surface area contributed by atoms with Gasteiger partial charge in [0.15, 0.2) is 11.1 Å². The van der Waals surface area contributed by atoms with E-state index in [1.165, 1.54) is 12.1 Å². The van der Waals surface area contributed by atoms with E-state index in [1.807, 2.05) is 0 Å². The van der Waals surface area contributed by atoms with Crippen molar-refractivity contribution >= 4 is 28.7 Å². The zero-order valence-electron chi connectivity index (χ0n) is 10.4. The molecule has 0 saturated carbocycles. The standard InChI is InChI=1S/C11H12N4O5/c12-9(16)6-19-5-4-13-11-14-10-7(15(17)18)2-1-3-8(10)20-11/h1-3H,4-6H2,(H2,12,16)(H,13,14). The maximum absolute atomic E-state index is 10.8. The summed E-state index contributed by atoms with van der Waals surface area (Å²) in [6.07, 6.45) is 0. The summed E-state index contributed by atoms with van der Waals surface area (Å²) in [5, 5.41) is 13.6. The molecule has 1 heterocycles. The average Bonchev–Trinajstić information content (AvgIpc) is 2.80. The number of hydrogen-bond donors (Lipinski definition) is 2. The van der Waals surface area contributed by atoms with Gasteiger partial charge in [-0.2, -0.15) is 4.98 Å². The van der Waals surface area contributed by atoms with E-state index in [9.17, 15) is 14.9 Å². The molecule has 1 amide bonds. The number of aromatic nitrogens is 1. The SMILES string of the molecule is NC(=O)COCCNc1nc2c([N+](=O)[O-])cccc2o1. The number of rotatable bonds is 7. The predicted molar refractivity (Wildman–Crippen MR) is 69.2 cm³/mol. The zero-order valence-corrected chi connectivity index (χ0v) is 10.4. The summed E-state index contributed by atoms with van der Waals surface area (Å²) in [5.74, 6) is -0.553. The molecule has 3 N–H and O–H groups in total. The van der Waals surface area contributed by atoms with Crippen molar-refractivity contribution in [1.82, 2.24) is 4.98 Å². The van der Waals surface area contributed by atoms with E-state index in [1.54, 1.807) is 6.07 Å². The summed E-state index contributed by atoms with van der Waals surface area (Å²) in [6, 6.07) is 4.61. The molecule has 0 aliphatic heterocycles. The minimum absolute atomic E-state index is 0.121. The second-order valence-electron chi connectivity index (χ2n) is 3.85. The number of non-ortho nitro benzene ring substituents is 1. The Kier molecular flexibility index (Phi) is 4.11. The van der Waals surface area contributed by atoms with Gasteiger partial charge in [-0.3, -0.25) is 14.9 Å². The first-order valence-corrected chi connectivity index (χ1v) is 5.72. The number of fused-ring (bicyclic) bond motifs is 1. The topological polar surface area (TPSA) is 134 Å². The van der Waals surface area contributed by atoms with Crippen LogP contribution in [0.15, 0.2) is 22.6 Å². The molecule has 9 nitrogen and oxygen atoms in total. The van der Waals surface area contributed by atoms with Crippen molar-refractivity contribution in [3.05, 3.63) is 28.3 Å². The molecule has 0 radical (unpaired) electrons. The number of primary amides is 1. The molecule has 0 bridgehead atoms. The highest BCUT2D eigenvalue weighted by molar-refractivity contribution is 5.84. The number of anilines is 1. The first kappa shape index (κ1) is 13.7. The number of nitrogens with zero attached hydrogens (tertiary/aromatic N) is 2. The Balaban J connectivity index is 2.00. The molecule has 0 saturated heterocycles. The van der Waals surface area contributed by atoms with Gasteiger partial charge in [0.2, 0.25) is 5.91 Å². The summed E-state index contributed by atoms with van der Waals surface area (Å²) in [7, 11) is 0. The van der Waals surface area contributed by atoms with Crippen molar-refractivity contribution in [2.45, 2.75) is 0 Å². The fourth-order valence-electron chi connectivity index (χ4n) is 1.56. The van der Waals surface area contributed by atoms with Crippen molar-refractivity contribution in [3.8, 4) is 0 Å². The number of para-hydroxylation sites is 1. The molecular weight excluding hydrogens is 268 g/mol. The molecule has 1 aromatic carbocycles. The van der Waals surface area contributed by atoms with E-state index < -0.39 is 10.8 Å². The summed E-state index contributed by atoms with van der Waals surface area (Å²) >= 11 is 0. The molecule has 1 aromatic heterocycles. The zero-order chi connectivity index (χ0) is 14.5. The van der Waals surface area contributed by atoms with Crippen LogP contribution < -0.4 is 11.1 Å². The number of nitrogens with one attached hydrogen (secondary N) is 1. The van der Waals surface area contributed by atoms with E-state index in [2.05, 4.69) is 10.3 Å². The first-order valence-electron chi connectivity index (χ1n) is 5.72. The largest absolute Gasteiger partial charge is 0.423 e. The van der Waals surface area contributed by atoms with Gasteiger partial charge in [0.25, 0.3) is 11.7 Å². The number of ether oxygens (including phenoxy) is 1. The monoisotopic (exact) mass is 280 g/mol. The summed E-state index contributed by atoms with van der Waals surface area (Å²) < 4.78 is 10.3. The van der Waals surface area contributed by atoms with Gasteiger partial charge in [-0.1, -0.05) is 6.07 Å². The van der Waals surface area contributed by atoms with Crippen LogP contribution in [0.3, 0.4) is 0 Å². The fourth-order valence-corrected chi connectivity index (χ4v) is 1.56. The number of oxazole rings is 1. The number of nitro groups is 1. The lowest BCUT2D eigenvalue weighted by atomic mass is 10.3. The predicted octanol–water partition coefficient (Wildman–Crippen LogP) is 0.650. The van der Waals surface area contributed by atoms with Crippen LogP contribution in [0.2, 0.25) is 0 Å². The molecule has 106 valence electrons. The molecule has 0 aliphatic carbocycles. The molecule has 0 spiro atoms. The fraction of sp³-hybridized carbons (Fsp3) is 0.273. The highest BCUT2D eigenvalue weighted by Gasteiger charge is 2.16. The Morgan fingerprint density at radius 1 is 1.55 bits per heavy atom. The number of nitro benzene ring substituents is 1. The number of carbonyl (C=O) groups excluding carboxylic acids is 1. The molecule has 2 rings (SSSR count). The Labute approximate surface area is 112 Å². The quantitative estimate of drug-likeness (QED) is 0.432. The van der Waals surface area contributed by atoms with Crippen molar-refractivity contribution in [3.63, 3.8) is 0 Å². The van der Waals surface area contributed by atoms with Gasteiger partial charge in [-0.15, -0.1) is 0 Å². The second-order valence-corrected chi connectivity index (χ2v) is 3.85. The molecule has 20 heavy (non-hydrogen) atoms. The van der Waals surface area contributed by atoms with Crippen LogP contribution in [0, 0.1) is 10.1 Å². The lowest BCUT2D eigenvalue weighted by Crippen LogP contribution is -2.20. The molecular formula is C11H12N4O5. The minimum Gasteiger partial charge on any atom is -0.423 e. The molecule has 0 unspecified atom stereocenters. The van der Waals surface area contributed by atoms with Gasteiger partial charge < -0.3 is 20.2 Å². The molecule has 0 aliphatic rings. The maximum Gasteiger partial charge on any atom is 0.298 e. The number of hydrogen-bond acceptors (Lipinski definition) is 7. The minimum atomic E-state index is -0.553. The third kappa shape index (κ3) is 3.20. The molecule has 9 heteroatoms. The number of amides is 1. The molecule has 0 fully saturated rings. The highest BCUT2D eigenvalue weighted by atomic mass is 16.6. The lowest BCUT2D eigenvalue weighted by molar-refractivity contribution is -0.383. The van der Waals surface area contributed by atoms with Crippen LogP contribution in [-0.2, 0) is 9.53 Å². The Hall–Kier alpha value is -2.68. The number of carbonyl (C=O) groups is 1. The smallest absolute Gasteiger partial charge is 0.298 e. The van der Waals surface area contributed by atoms with Crippen LogP contribution in [0.1, 0.15) is 0 Å². The van der Waals surface area contributed by atoms with Gasteiger partial charge in [0.1, 0.15) is 6.61 Å². The maximum atomic E-state index is 10.8. The van der Waals surface area contributed by atoms with Gasteiger partial charge in [-0.05, 0) is 6.07 Å². The normalized spacial score (nSPS) is 10.6. The molecule has 2 aromatic rings. The van der Waals surface area contributed by atoms with Crippen LogP contribution in [-0.4, -0.2) is 35.6 Å². The van der Waals surface area contributed by atoms with Gasteiger partial charge in [0, 0.05) is 12.6 Å². The van der Waals surface area contributed by atoms with E-state index in [-0.39, 0.29) is 30.4 Å². The Morgan fingerprint density at radius 2 is 2.35 bits per heavy atom. The third-order valence-electron chi connectivity index (χ3n) is 2.36. The first-order chi connectivity index (χ1) is 9.58. The van der Waals surface area contributed by atoms with Crippen LogP contribution >= 0.6 is 0 Å². The lowest BCUT2D eigenvalue weighted by Gasteiger charge is -2.01.